The third-order valence-corrected chi connectivity index (χ3v) is 2.39. The Labute approximate surface area is 73.7 Å². The molecule has 4 nitrogen and oxygen atoms in total. The number of aryl methyl sites for hydroxylation is 1. The summed E-state index contributed by atoms with van der Waals surface area (Å²) in [4.78, 5) is 3.70. The van der Waals surface area contributed by atoms with Gasteiger partial charge in [0.1, 0.15) is 12.7 Å². The smallest absolute Gasteiger partial charge is 0.267 e. The zero-order valence-electron chi connectivity index (χ0n) is 6.95. The molecule has 2 rings (SSSR count). The minimum absolute atomic E-state index is 0.214. The lowest BCUT2D eigenvalue weighted by Crippen LogP contribution is -2.31. The van der Waals surface area contributed by atoms with Gasteiger partial charge in [0, 0.05) is 13.0 Å². The number of rotatable bonds is 3. The second-order valence-corrected chi connectivity index (χ2v) is 3.45. The van der Waals surface area contributed by atoms with Gasteiger partial charge in [0.2, 0.25) is 0 Å². The largest absolute Gasteiger partial charge is 0.320 e. The first-order valence-corrected chi connectivity index (χ1v) is 4.03. The van der Waals surface area contributed by atoms with Crippen molar-refractivity contribution in [3.63, 3.8) is 0 Å². The van der Waals surface area contributed by atoms with Gasteiger partial charge >= 0.3 is 0 Å². The molecular formula is C7H10F2N4. The molecule has 0 aliphatic heterocycles. The molecule has 1 unspecified atom stereocenters. The van der Waals surface area contributed by atoms with E-state index in [4.69, 9.17) is 5.73 Å². The minimum Gasteiger partial charge on any atom is -0.320 e. The molecule has 1 fully saturated rings. The fourth-order valence-electron chi connectivity index (χ4n) is 1.29. The van der Waals surface area contributed by atoms with Crippen molar-refractivity contribution in [1.29, 1.82) is 0 Å². The molecule has 13 heavy (non-hydrogen) atoms. The molecule has 0 aromatic carbocycles. The van der Waals surface area contributed by atoms with E-state index in [-0.39, 0.29) is 12.8 Å². The Morgan fingerprint density at radius 2 is 2.23 bits per heavy atom. The highest BCUT2D eigenvalue weighted by Gasteiger charge is 2.68. The van der Waals surface area contributed by atoms with Gasteiger partial charge in [-0.1, -0.05) is 0 Å². The Morgan fingerprint density at radius 1 is 1.54 bits per heavy atom. The Bertz CT molecular complexity index is 297. The van der Waals surface area contributed by atoms with Crippen molar-refractivity contribution < 1.29 is 8.78 Å². The van der Waals surface area contributed by atoms with E-state index in [1.165, 1.54) is 17.3 Å². The predicted molar refractivity (Wildman–Crippen MR) is 41.1 cm³/mol. The molecule has 1 aliphatic rings. The summed E-state index contributed by atoms with van der Waals surface area (Å²) in [6.45, 7) is 0.395. The Balaban J connectivity index is 1.88. The van der Waals surface area contributed by atoms with Crippen LogP contribution in [0.4, 0.5) is 8.78 Å². The number of halogens is 2. The summed E-state index contributed by atoms with van der Waals surface area (Å²) in [5.41, 5.74) is 4.12. The summed E-state index contributed by atoms with van der Waals surface area (Å²) in [6.07, 6.45) is 2.89. The van der Waals surface area contributed by atoms with Crippen LogP contribution in [-0.4, -0.2) is 26.2 Å². The van der Waals surface area contributed by atoms with Gasteiger partial charge in [-0.2, -0.15) is 5.10 Å². The van der Waals surface area contributed by atoms with Crippen LogP contribution in [0.3, 0.4) is 0 Å². The van der Waals surface area contributed by atoms with E-state index in [0.29, 0.717) is 6.54 Å². The molecular weight excluding hydrogens is 178 g/mol. The first-order chi connectivity index (χ1) is 6.04. The van der Waals surface area contributed by atoms with Crippen molar-refractivity contribution in [2.75, 3.05) is 0 Å². The summed E-state index contributed by atoms with van der Waals surface area (Å²) in [7, 11) is 0. The topological polar surface area (TPSA) is 56.7 Å². The van der Waals surface area contributed by atoms with Gasteiger partial charge in [0.25, 0.3) is 5.92 Å². The molecule has 6 heteroatoms. The summed E-state index contributed by atoms with van der Waals surface area (Å²) in [6, 6.07) is 0. The standard InChI is InChI=1S/C7H10F2N4/c8-7(9)3-6(7,10)1-2-13-5-11-4-12-13/h4-5H,1-3,10H2. The molecule has 2 N–H and O–H groups in total. The van der Waals surface area contributed by atoms with E-state index < -0.39 is 11.5 Å². The van der Waals surface area contributed by atoms with Gasteiger partial charge in [-0.3, -0.25) is 4.68 Å². The number of alkyl halides is 2. The van der Waals surface area contributed by atoms with Crippen LogP contribution in [0.15, 0.2) is 12.7 Å². The van der Waals surface area contributed by atoms with Crippen LogP contribution in [0, 0.1) is 0 Å². The monoisotopic (exact) mass is 188 g/mol. The average Bonchev–Trinajstić information content (AvgIpc) is 2.53. The number of nitrogens with two attached hydrogens (primary N) is 1. The maximum atomic E-state index is 12.6. The third kappa shape index (κ3) is 1.41. The van der Waals surface area contributed by atoms with E-state index in [9.17, 15) is 8.78 Å². The fraction of sp³-hybridized carbons (Fsp3) is 0.714. The Hall–Kier alpha value is -1.04. The van der Waals surface area contributed by atoms with Gasteiger partial charge in [0.05, 0.1) is 5.54 Å². The predicted octanol–water partition coefficient (Wildman–Crippen LogP) is 0.405. The van der Waals surface area contributed by atoms with Crippen molar-refractivity contribution in [1.82, 2.24) is 14.8 Å². The van der Waals surface area contributed by atoms with Crippen molar-refractivity contribution in [3.05, 3.63) is 12.7 Å². The van der Waals surface area contributed by atoms with E-state index in [0.717, 1.165) is 0 Å². The molecule has 1 aliphatic carbocycles. The number of hydrogen-bond acceptors (Lipinski definition) is 3. The lowest BCUT2D eigenvalue weighted by molar-refractivity contribution is 0.0857. The van der Waals surface area contributed by atoms with Crippen LogP contribution < -0.4 is 5.73 Å². The highest BCUT2D eigenvalue weighted by Crippen LogP contribution is 2.52. The summed E-state index contributed by atoms with van der Waals surface area (Å²) in [5, 5.41) is 3.80. The first-order valence-electron chi connectivity index (χ1n) is 4.03. The molecule has 1 saturated carbocycles. The van der Waals surface area contributed by atoms with E-state index in [1.54, 1.807) is 0 Å². The third-order valence-electron chi connectivity index (χ3n) is 2.39. The highest BCUT2D eigenvalue weighted by molar-refractivity contribution is 5.15. The zero-order valence-corrected chi connectivity index (χ0v) is 6.95. The first kappa shape index (κ1) is 8.55. The van der Waals surface area contributed by atoms with Crippen LogP contribution in [0.5, 0.6) is 0 Å². The number of hydrogen-bond donors (Lipinski definition) is 1. The normalized spacial score (nSPS) is 30.4. The lowest BCUT2D eigenvalue weighted by Gasteiger charge is -2.08. The molecule has 1 heterocycles. The van der Waals surface area contributed by atoms with Crippen LogP contribution in [0.1, 0.15) is 12.8 Å². The van der Waals surface area contributed by atoms with Gasteiger partial charge in [0.15, 0.2) is 0 Å². The molecule has 72 valence electrons. The Morgan fingerprint density at radius 3 is 2.69 bits per heavy atom. The van der Waals surface area contributed by atoms with E-state index >= 15 is 0 Å². The molecule has 0 radical (unpaired) electrons. The molecule has 1 atom stereocenters. The summed E-state index contributed by atoms with van der Waals surface area (Å²) < 4.78 is 26.8. The van der Waals surface area contributed by atoms with Crippen molar-refractivity contribution in [2.24, 2.45) is 5.73 Å². The SMILES string of the molecule is NC1(CCn2cncn2)CC1(F)F. The van der Waals surface area contributed by atoms with Crippen molar-refractivity contribution in [2.45, 2.75) is 30.8 Å². The molecule has 1 aromatic heterocycles. The van der Waals surface area contributed by atoms with Crippen LogP contribution in [0.25, 0.3) is 0 Å². The second-order valence-electron chi connectivity index (χ2n) is 3.45. The highest BCUT2D eigenvalue weighted by atomic mass is 19.3. The van der Waals surface area contributed by atoms with Crippen LogP contribution in [0.2, 0.25) is 0 Å². The average molecular weight is 188 g/mol. The van der Waals surface area contributed by atoms with E-state index in [1.807, 2.05) is 0 Å². The summed E-state index contributed by atoms with van der Waals surface area (Å²) in [5.74, 6) is -2.69. The molecule has 0 amide bonds. The second kappa shape index (κ2) is 2.47. The van der Waals surface area contributed by atoms with Crippen LogP contribution in [-0.2, 0) is 6.54 Å². The van der Waals surface area contributed by atoms with E-state index in [2.05, 4.69) is 10.1 Å². The fourth-order valence-corrected chi connectivity index (χ4v) is 1.29. The lowest BCUT2D eigenvalue weighted by atomic mass is 10.2. The van der Waals surface area contributed by atoms with Crippen LogP contribution >= 0.6 is 0 Å². The van der Waals surface area contributed by atoms with Gasteiger partial charge < -0.3 is 5.73 Å². The minimum atomic E-state index is -2.69. The zero-order chi connectivity index (χ0) is 9.53. The van der Waals surface area contributed by atoms with Crippen molar-refractivity contribution in [3.8, 4) is 0 Å². The molecule has 0 bridgehead atoms. The molecule has 1 aromatic rings. The molecule has 0 spiro atoms. The van der Waals surface area contributed by atoms with Gasteiger partial charge in [-0.25, -0.2) is 13.8 Å². The van der Waals surface area contributed by atoms with Crippen molar-refractivity contribution >= 4 is 0 Å². The van der Waals surface area contributed by atoms with Gasteiger partial charge in [-0.15, -0.1) is 0 Å². The number of nitrogens with zero attached hydrogens (tertiary/aromatic N) is 3. The van der Waals surface area contributed by atoms with Gasteiger partial charge in [-0.05, 0) is 6.42 Å². The molecule has 0 saturated heterocycles. The maximum absolute atomic E-state index is 12.6. The maximum Gasteiger partial charge on any atom is 0.267 e. The Kier molecular flexibility index (Phi) is 1.63. The number of aromatic nitrogens is 3. The quantitative estimate of drug-likeness (QED) is 0.747. The summed E-state index contributed by atoms with van der Waals surface area (Å²) >= 11 is 0.